The molecule has 5 nitrogen and oxygen atoms in total. The highest BCUT2D eigenvalue weighted by Gasteiger charge is 2.23. The lowest BCUT2D eigenvalue weighted by Gasteiger charge is -2.29. The summed E-state index contributed by atoms with van der Waals surface area (Å²) < 4.78 is 0. The largest absolute Gasteiger partial charge is 0.481 e. The molecule has 1 heterocycles. The molecule has 5 heteroatoms. The van der Waals surface area contributed by atoms with Crippen LogP contribution in [0.25, 0.3) is 0 Å². The second-order valence-corrected chi connectivity index (χ2v) is 3.95. The molecule has 0 unspecified atom stereocenters. The van der Waals surface area contributed by atoms with Crippen LogP contribution in [0.5, 0.6) is 0 Å². The Kier molecular flexibility index (Phi) is 4.55. The highest BCUT2D eigenvalue weighted by molar-refractivity contribution is 5.70. The maximum atomic E-state index is 10.7. The van der Waals surface area contributed by atoms with Crippen molar-refractivity contribution in [3.63, 3.8) is 0 Å². The van der Waals surface area contributed by atoms with Gasteiger partial charge in [-0.2, -0.15) is 0 Å². The minimum atomic E-state index is -0.768. The van der Waals surface area contributed by atoms with Gasteiger partial charge in [0.2, 0.25) is 0 Å². The van der Waals surface area contributed by atoms with Crippen molar-refractivity contribution in [2.45, 2.75) is 25.7 Å². The topological polar surface area (TPSA) is 77.8 Å². The average molecular weight is 215 g/mol. The third-order valence-electron chi connectivity index (χ3n) is 2.80. The van der Waals surface area contributed by atoms with Crippen LogP contribution in [0, 0.1) is 5.92 Å². The molecule has 0 spiro atoms. The first-order valence-corrected chi connectivity index (χ1v) is 5.26. The molecule has 1 fully saturated rings. The summed E-state index contributed by atoms with van der Waals surface area (Å²) in [5.41, 5.74) is 0. The lowest BCUT2D eigenvalue weighted by molar-refractivity contribution is -0.143. The molecule has 86 valence electrons. The van der Waals surface area contributed by atoms with E-state index in [4.69, 9.17) is 10.2 Å². The predicted molar refractivity (Wildman–Crippen MR) is 53.7 cm³/mol. The lowest BCUT2D eigenvalue weighted by atomic mass is 9.97. The van der Waals surface area contributed by atoms with Crippen LogP contribution < -0.4 is 0 Å². The zero-order valence-corrected chi connectivity index (χ0v) is 8.69. The number of rotatable bonds is 5. The molecule has 0 bridgehead atoms. The minimum Gasteiger partial charge on any atom is -0.481 e. The van der Waals surface area contributed by atoms with Crippen molar-refractivity contribution in [2.24, 2.45) is 5.92 Å². The quantitative estimate of drug-likeness (QED) is 0.704. The number of carboxylic acids is 2. The van der Waals surface area contributed by atoms with Gasteiger partial charge in [-0.05, 0) is 38.9 Å². The number of carboxylic acid groups (broad SMARTS) is 2. The molecule has 0 atom stereocenters. The molecule has 0 aromatic carbocycles. The minimum absolute atomic E-state index is 0.193. The van der Waals surface area contributed by atoms with Gasteiger partial charge in [-0.1, -0.05) is 0 Å². The van der Waals surface area contributed by atoms with Crippen molar-refractivity contribution in [1.82, 2.24) is 4.90 Å². The first-order valence-electron chi connectivity index (χ1n) is 5.26. The van der Waals surface area contributed by atoms with Crippen molar-refractivity contribution in [3.05, 3.63) is 0 Å². The predicted octanol–water partition coefficient (Wildman–Crippen LogP) is 0.648. The number of nitrogens with zero attached hydrogens (tertiary/aromatic N) is 1. The summed E-state index contributed by atoms with van der Waals surface area (Å²) in [4.78, 5) is 23.1. The van der Waals surface area contributed by atoms with E-state index < -0.39 is 11.9 Å². The van der Waals surface area contributed by atoms with Gasteiger partial charge in [0.15, 0.2) is 0 Å². The van der Waals surface area contributed by atoms with E-state index in [9.17, 15) is 9.59 Å². The van der Waals surface area contributed by atoms with Crippen LogP contribution in [-0.2, 0) is 9.59 Å². The number of hydrogen-bond donors (Lipinski definition) is 2. The standard InChI is InChI=1S/C10H17NO4/c12-9(13)2-1-5-11-6-3-8(4-7-11)10(14)15/h8H,1-7H2,(H,12,13)(H,14,15). The fourth-order valence-electron chi connectivity index (χ4n) is 1.86. The molecule has 15 heavy (non-hydrogen) atoms. The maximum Gasteiger partial charge on any atom is 0.306 e. The number of hydrogen-bond acceptors (Lipinski definition) is 3. The van der Waals surface area contributed by atoms with Crippen molar-refractivity contribution >= 4 is 11.9 Å². The van der Waals surface area contributed by atoms with Crippen LogP contribution >= 0.6 is 0 Å². The number of piperidine rings is 1. The molecule has 0 saturated carbocycles. The van der Waals surface area contributed by atoms with Gasteiger partial charge < -0.3 is 15.1 Å². The number of carbonyl (C=O) groups is 2. The molecular formula is C10H17NO4. The summed E-state index contributed by atoms with van der Waals surface area (Å²) in [6.45, 7) is 2.31. The van der Waals surface area contributed by atoms with Crippen LogP contribution in [0.1, 0.15) is 25.7 Å². The highest BCUT2D eigenvalue weighted by atomic mass is 16.4. The molecule has 0 aliphatic carbocycles. The van der Waals surface area contributed by atoms with E-state index in [0.717, 1.165) is 19.6 Å². The van der Waals surface area contributed by atoms with Gasteiger partial charge in [-0.3, -0.25) is 9.59 Å². The smallest absolute Gasteiger partial charge is 0.306 e. The Morgan fingerprint density at radius 1 is 1.20 bits per heavy atom. The fraction of sp³-hybridized carbons (Fsp3) is 0.800. The van der Waals surface area contributed by atoms with Gasteiger partial charge in [0.05, 0.1) is 5.92 Å². The molecule has 0 radical (unpaired) electrons. The van der Waals surface area contributed by atoms with Crippen molar-refractivity contribution in [1.29, 1.82) is 0 Å². The SMILES string of the molecule is O=C(O)CCCN1CCC(C(=O)O)CC1. The van der Waals surface area contributed by atoms with Crippen LogP contribution in [-0.4, -0.2) is 46.7 Å². The van der Waals surface area contributed by atoms with Gasteiger partial charge in [0.1, 0.15) is 0 Å². The summed E-state index contributed by atoms with van der Waals surface area (Å²) in [5.74, 6) is -1.68. The average Bonchev–Trinajstić information content (AvgIpc) is 2.18. The number of aliphatic carboxylic acids is 2. The van der Waals surface area contributed by atoms with Crippen LogP contribution in [0.4, 0.5) is 0 Å². The van der Waals surface area contributed by atoms with E-state index in [2.05, 4.69) is 4.90 Å². The summed E-state index contributed by atoms with van der Waals surface area (Å²) in [6, 6.07) is 0. The Hall–Kier alpha value is -1.10. The Labute approximate surface area is 88.7 Å². The molecule has 1 rings (SSSR count). The molecule has 0 aromatic rings. The van der Waals surface area contributed by atoms with E-state index in [1.165, 1.54) is 0 Å². The van der Waals surface area contributed by atoms with Crippen LogP contribution in [0.3, 0.4) is 0 Å². The second-order valence-electron chi connectivity index (χ2n) is 3.95. The summed E-state index contributed by atoms with van der Waals surface area (Å²) in [6.07, 6.45) is 2.21. The Balaban J connectivity index is 2.14. The van der Waals surface area contributed by atoms with E-state index >= 15 is 0 Å². The number of likely N-dealkylation sites (tertiary alicyclic amines) is 1. The van der Waals surface area contributed by atoms with Crippen LogP contribution in [0.2, 0.25) is 0 Å². The highest BCUT2D eigenvalue weighted by Crippen LogP contribution is 2.17. The Morgan fingerprint density at radius 3 is 2.27 bits per heavy atom. The molecule has 1 aliphatic rings. The summed E-state index contributed by atoms with van der Waals surface area (Å²) in [7, 11) is 0. The molecule has 2 N–H and O–H groups in total. The Morgan fingerprint density at radius 2 is 1.80 bits per heavy atom. The Bertz CT molecular complexity index is 231. The van der Waals surface area contributed by atoms with Gasteiger partial charge in [-0.25, -0.2) is 0 Å². The monoisotopic (exact) mass is 215 g/mol. The van der Waals surface area contributed by atoms with E-state index in [1.54, 1.807) is 0 Å². The molecule has 1 saturated heterocycles. The van der Waals surface area contributed by atoms with Gasteiger partial charge >= 0.3 is 11.9 Å². The summed E-state index contributed by atoms with van der Waals surface area (Å²) in [5, 5.41) is 17.2. The van der Waals surface area contributed by atoms with Crippen molar-refractivity contribution in [3.8, 4) is 0 Å². The zero-order chi connectivity index (χ0) is 11.3. The van der Waals surface area contributed by atoms with Crippen LogP contribution in [0.15, 0.2) is 0 Å². The molecule has 1 aliphatic heterocycles. The third kappa shape index (κ3) is 4.29. The normalized spacial score (nSPS) is 18.9. The molecule has 0 amide bonds. The van der Waals surface area contributed by atoms with E-state index in [0.29, 0.717) is 19.3 Å². The van der Waals surface area contributed by atoms with Gasteiger partial charge in [0.25, 0.3) is 0 Å². The van der Waals surface area contributed by atoms with Crippen molar-refractivity contribution in [2.75, 3.05) is 19.6 Å². The first kappa shape index (κ1) is 12.0. The maximum absolute atomic E-state index is 10.7. The molecule has 0 aromatic heterocycles. The van der Waals surface area contributed by atoms with Gasteiger partial charge in [0, 0.05) is 6.42 Å². The van der Waals surface area contributed by atoms with E-state index in [-0.39, 0.29) is 12.3 Å². The zero-order valence-electron chi connectivity index (χ0n) is 8.69. The molecular weight excluding hydrogens is 198 g/mol. The fourth-order valence-corrected chi connectivity index (χ4v) is 1.86. The van der Waals surface area contributed by atoms with E-state index in [1.807, 2.05) is 0 Å². The first-order chi connectivity index (χ1) is 7.09. The van der Waals surface area contributed by atoms with Gasteiger partial charge in [-0.15, -0.1) is 0 Å². The second kappa shape index (κ2) is 5.70. The van der Waals surface area contributed by atoms with Crippen molar-refractivity contribution < 1.29 is 19.8 Å². The third-order valence-corrected chi connectivity index (χ3v) is 2.80. The summed E-state index contributed by atoms with van der Waals surface area (Å²) >= 11 is 0. The lowest BCUT2D eigenvalue weighted by Crippen LogP contribution is -2.36.